The molecule has 0 spiro atoms. The minimum Gasteiger partial charge on any atom is -0.296 e. The van der Waals surface area contributed by atoms with E-state index in [1.54, 1.807) is 11.3 Å². The first-order valence-electron chi connectivity index (χ1n) is 7.27. The van der Waals surface area contributed by atoms with Crippen LogP contribution in [0.15, 0.2) is 16.8 Å². The van der Waals surface area contributed by atoms with E-state index in [-0.39, 0.29) is 11.8 Å². The average molecular weight is 319 g/mol. The zero-order valence-corrected chi connectivity index (χ0v) is 14.3. The number of hydrogen-bond donors (Lipinski definition) is 1. The molecule has 1 aromatic heterocycles. The molecular formula is C14H26N2O2S2. The van der Waals surface area contributed by atoms with Crippen molar-refractivity contribution in [3.05, 3.63) is 22.4 Å². The molecule has 20 heavy (non-hydrogen) atoms. The van der Waals surface area contributed by atoms with Gasteiger partial charge in [0.05, 0.1) is 5.75 Å². The highest BCUT2D eigenvalue weighted by molar-refractivity contribution is 7.89. The molecule has 0 saturated heterocycles. The van der Waals surface area contributed by atoms with Gasteiger partial charge in [-0.2, -0.15) is 11.3 Å². The molecule has 1 heterocycles. The summed E-state index contributed by atoms with van der Waals surface area (Å²) in [6.07, 6.45) is 1.61. The normalized spacial score (nSPS) is 13.8. The third kappa shape index (κ3) is 5.52. The van der Waals surface area contributed by atoms with Crippen molar-refractivity contribution in [2.45, 2.75) is 39.7 Å². The van der Waals surface area contributed by atoms with Gasteiger partial charge in [0.1, 0.15) is 0 Å². The Morgan fingerprint density at radius 2 is 2.00 bits per heavy atom. The second-order valence-electron chi connectivity index (χ2n) is 4.81. The summed E-state index contributed by atoms with van der Waals surface area (Å²) in [6.45, 7) is 8.48. The van der Waals surface area contributed by atoms with Gasteiger partial charge >= 0.3 is 0 Å². The first-order valence-corrected chi connectivity index (χ1v) is 9.87. The Kier molecular flexibility index (Phi) is 7.72. The topological polar surface area (TPSA) is 49.4 Å². The first-order chi connectivity index (χ1) is 9.54. The van der Waals surface area contributed by atoms with Crippen LogP contribution in [-0.4, -0.2) is 38.7 Å². The molecule has 1 aromatic rings. The lowest BCUT2D eigenvalue weighted by Gasteiger charge is -2.29. The van der Waals surface area contributed by atoms with E-state index < -0.39 is 10.0 Å². The first kappa shape index (κ1) is 17.6. The number of sulfonamides is 1. The average Bonchev–Trinajstić information content (AvgIpc) is 2.95. The van der Waals surface area contributed by atoms with Crippen LogP contribution in [0.1, 0.15) is 45.2 Å². The molecule has 1 unspecified atom stereocenters. The van der Waals surface area contributed by atoms with Crippen molar-refractivity contribution in [1.82, 2.24) is 9.62 Å². The molecule has 0 amide bonds. The molecule has 4 nitrogen and oxygen atoms in total. The molecule has 1 rings (SSSR count). The number of thiophene rings is 1. The smallest absolute Gasteiger partial charge is 0.211 e. The number of hydrogen-bond acceptors (Lipinski definition) is 4. The van der Waals surface area contributed by atoms with E-state index in [1.807, 2.05) is 12.3 Å². The van der Waals surface area contributed by atoms with Crippen LogP contribution in [0, 0.1) is 0 Å². The molecule has 1 N–H and O–H groups in total. The van der Waals surface area contributed by atoms with Gasteiger partial charge in [-0.05, 0) is 41.9 Å². The third-order valence-corrected chi connectivity index (χ3v) is 5.58. The maximum Gasteiger partial charge on any atom is 0.211 e. The molecule has 0 aliphatic heterocycles. The van der Waals surface area contributed by atoms with Crippen LogP contribution in [0.25, 0.3) is 0 Å². The van der Waals surface area contributed by atoms with Crippen molar-refractivity contribution in [1.29, 1.82) is 0 Å². The summed E-state index contributed by atoms with van der Waals surface area (Å²) in [5.41, 5.74) is 1.19. The lowest BCUT2D eigenvalue weighted by molar-refractivity contribution is 0.220. The molecule has 0 bridgehead atoms. The van der Waals surface area contributed by atoms with E-state index >= 15 is 0 Å². The van der Waals surface area contributed by atoms with Gasteiger partial charge in [-0.1, -0.05) is 27.2 Å². The number of likely N-dealkylation sites (N-methyl/N-ethyl adjacent to an activating group) is 1. The number of nitrogens with one attached hydrogen (secondary N) is 1. The summed E-state index contributed by atoms with van der Waals surface area (Å²) in [7, 11) is -3.15. The van der Waals surface area contributed by atoms with E-state index in [0.717, 1.165) is 19.5 Å². The quantitative estimate of drug-likeness (QED) is 0.721. The van der Waals surface area contributed by atoms with Gasteiger partial charge in [0.2, 0.25) is 10.0 Å². The van der Waals surface area contributed by atoms with Crippen molar-refractivity contribution in [3.63, 3.8) is 0 Å². The molecule has 0 fully saturated rings. The number of rotatable bonds is 10. The van der Waals surface area contributed by atoms with E-state index in [2.05, 4.69) is 34.9 Å². The second-order valence-corrected chi connectivity index (χ2v) is 7.52. The maximum absolute atomic E-state index is 11.9. The zero-order chi connectivity index (χ0) is 15.0. The predicted molar refractivity (Wildman–Crippen MR) is 86.7 cm³/mol. The number of unbranched alkanes of at least 4 members (excludes halogenated alkanes) is 1. The van der Waals surface area contributed by atoms with Gasteiger partial charge in [0.25, 0.3) is 0 Å². The van der Waals surface area contributed by atoms with Crippen LogP contribution in [0.5, 0.6) is 0 Å². The Hall–Kier alpha value is -0.430. The van der Waals surface area contributed by atoms with Gasteiger partial charge in [0.15, 0.2) is 0 Å². The zero-order valence-electron chi connectivity index (χ0n) is 12.6. The van der Waals surface area contributed by atoms with Crippen molar-refractivity contribution in [2.75, 3.05) is 25.4 Å². The standard InChI is InChI=1S/C14H26N2O2S2/c1-4-7-10-20(17,18)15-11-14(16(5-2)6-3)13-8-9-19-12-13/h8-9,12,14-15H,4-7,10-11H2,1-3H3. The summed E-state index contributed by atoms with van der Waals surface area (Å²) in [4.78, 5) is 2.28. The summed E-state index contributed by atoms with van der Waals surface area (Å²) < 4.78 is 26.6. The fourth-order valence-corrected chi connectivity index (χ4v) is 4.13. The Morgan fingerprint density at radius 1 is 1.30 bits per heavy atom. The molecule has 1 atom stereocenters. The summed E-state index contributed by atoms with van der Waals surface area (Å²) in [5, 5.41) is 4.14. The monoisotopic (exact) mass is 318 g/mol. The van der Waals surface area contributed by atoms with Crippen LogP contribution in [0.2, 0.25) is 0 Å². The van der Waals surface area contributed by atoms with Crippen LogP contribution in [0.3, 0.4) is 0 Å². The molecule has 116 valence electrons. The highest BCUT2D eigenvalue weighted by Crippen LogP contribution is 2.22. The minimum absolute atomic E-state index is 0.118. The molecule has 0 aromatic carbocycles. The highest BCUT2D eigenvalue weighted by atomic mass is 32.2. The van der Waals surface area contributed by atoms with E-state index in [4.69, 9.17) is 0 Å². The molecular weight excluding hydrogens is 292 g/mol. The van der Waals surface area contributed by atoms with E-state index in [9.17, 15) is 8.42 Å². The van der Waals surface area contributed by atoms with Crippen LogP contribution >= 0.6 is 11.3 Å². The summed E-state index contributed by atoms with van der Waals surface area (Å²) >= 11 is 1.65. The molecule has 0 aliphatic carbocycles. The van der Waals surface area contributed by atoms with Crippen LogP contribution in [0.4, 0.5) is 0 Å². The van der Waals surface area contributed by atoms with E-state index in [1.165, 1.54) is 5.56 Å². The van der Waals surface area contributed by atoms with Gasteiger partial charge in [0, 0.05) is 12.6 Å². The Morgan fingerprint density at radius 3 is 2.50 bits per heavy atom. The second kappa shape index (κ2) is 8.77. The predicted octanol–water partition coefficient (Wildman–Crippen LogP) is 2.85. The van der Waals surface area contributed by atoms with Gasteiger partial charge in [-0.25, -0.2) is 13.1 Å². The largest absolute Gasteiger partial charge is 0.296 e. The third-order valence-electron chi connectivity index (χ3n) is 3.44. The Balaban J connectivity index is 2.71. The van der Waals surface area contributed by atoms with Gasteiger partial charge < -0.3 is 0 Å². The lowest BCUT2D eigenvalue weighted by Crippen LogP contribution is -2.38. The van der Waals surface area contributed by atoms with Crippen molar-refractivity contribution in [3.8, 4) is 0 Å². The minimum atomic E-state index is -3.15. The molecule has 6 heteroatoms. The lowest BCUT2D eigenvalue weighted by atomic mass is 10.1. The summed E-state index contributed by atoms with van der Waals surface area (Å²) in [5.74, 6) is 0.220. The van der Waals surface area contributed by atoms with Crippen LogP contribution in [-0.2, 0) is 10.0 Å². The van der Waals surface area contributed by atoms with Crippen molar-refractivity contribution < 1.29 is 8.42 Å². The summed E-state index contributed by atoms with van der Waals surface area (Å²) in [6, 6.07) is 2.20. The molecule has 0 aliphatic rings. The van der Waals surface area contributed by atoms with Crippen molar-refractivity contribution in [2.24, 2.45) is 0 Å². The highest BCUT2D eigenvalue weighted by Gasteiger charge is 2.20. The molecule has 0 saturated carbocycles. The Labute approximate surface area is 127 Å². The maximum atomic E-state index is 11.9. The molecule has 0 radical (unpaired) electrons. The van der Waals surface area contributed by atoms with Crippen molar-refractivity contribution >= 4 is 21.4 Å². The SMILES string of the molecule is CCCCS(=O)(=O)NCC(c1ccsc1)N(CC)CC. The number of nitrogens with zero attached hydrogens (tertiary/aromatic N) is 1. The van der Waals surface area contributed by atoms with E-state index in [0.29, 0.717) is 13.0 Å². The van der Waals surface area contributed by atoms with Gasteiger partial charge in [-0.3, -0.25) is 4.90 Å². The fraction of sp³-hybridized carbons (Fsp3) is 0.714. The Bertz CT molecular complexity index is 454. The van der Waals surface area contributed by atoms with Gasteiger partial charge in [-0.15, -0.1) is 0 Å². The van der Waals surface area contributed by atoms with Crippen LogP contribution < -0.4 is 4.72 Å². The fourth-order valence-electron chi connectivity index (χ4n) is 2.20.